The standard InChI is InChI=1S/C24H30N2O3Si/c1-7-30(5,6)21-12-17(24(2,3)4)20(27)13-19(21)26-23(29)16-14-25-18-11-9-8-10-15(18)22(16)28/h8-14,27H,7H2,1-6H3,(H,25,28)(H,26,29). The predicted molar refractivity (Wildman–Crippen MR) is 127 cm³/mol. The molecule has 0 spiro atoms. The fourth-order valence-electron chi connectivity index (χ4n) is 3.57. The highest BCUT2D eigenvalue weighted by Crippen LogP contribution is 2.33. The Morgan fingerprint density at radius 3 is 2.47 bits per heavy atom. The number of aromatic hydroxyl groups is 1. The second kappa shape index (κ2) is 7.76. The number of H-pyrrole nitrogens is 1. The minimum Gasteiger partial charge on any atom is -0.508 e. The van der Waals surface area contributed by atoms with Gasteiger partial charge < -0.3 is 15.4 Å². The van der Waals surface area contributed by atoms with Crippen LogP contribution in [-0.4, -0.2) is 24.1 Å². The van der Waals surface area contributed by atoms with Crippen molar-refractivity contribution >= 4 is 35.8 Å². The summed E-state index contributed by atoms with van der Waals surface area (Å²) >= 11 is 0. The number of carbonyl (C=O) groups excluding carboxylic acids is 1. The van der Waals surface area contributed by atoms with E-state index >= 15 is 0 Å². The molecule has 2 aromatic carbocycles. The Bertz CT molecular complexity index is 1170. The monoisotopic (exact) mass is 422 g/mol. The van der Waals surface area contributed by atoms with Crippen molar-refractivity contribution in [1.29, 1.82) is 0 Å². The van der Waals surface area contributed by atoms with Gasteiger partial charge in [0.25, 0.3) is 5.91 Å². The minimum atomic E-state index is -1.87. The summed E-state index contributed by atoms with van der Waals surface area (Å²) in [5, 5.41) is 15.1. The zero-order chi connectivity index (χ0) is 22.3. The van der Waals surface area contributed by atoms with Crippen LogP contribution >= 0.6 is 0 Å². The highest BCUT2D eigenvalue weighted by Gasteiger charge is 2.29. The van der Waals surface area contributed by atoms with Gasteiger partial charge in [-0.25, -0.2) is 0 Å². The number of nitrogens with one attached hydrogen (secondary N) is 2. The predicted octanol–water partition coefficient (Wildman–Crippen LogP) is 4.72. The molecular formula is C24H30N2O3Si. The molecule has 0 aliphatic carbocycles. The van der Waals surface area contributed by atoms with Crippen molar-refractivity contribution < 1.29 is 9.90 Å². The Kier molecular flexibility index (Phi) is 5.65. The van der Waals surface area contributed by atoms with E-state index in [2.05, 4.69) is 51.1 Å². The number of rotatable bonds is 4. The fraction of sp³-hybridized carbons (Fsp3) is 0.333. The molecule has 0 radical (unpaired) electrons. The summed E-state index contributed by atoms with van der Waals surface area (Å²) < 4.78 is 0. The van der Waals surface area contributed by atoms with Gasteiger partial charge in [0.15, 0.2) is 0 Å². The van der Waals surface area contributed by atoms with Crippen LogP contribution in [0.2, 0.25) is 19.1 Å². The summed E-state index contributed by atoms with van der Waals surface area (Å²) in [6.07, 6.45) is 1.45. The largest absolute Gasteiger partial charge is 0.508 e. The first-order chi connectivity index (χ1) is 14.0. The third-order valence-electron chi connectivity index (χ3n) is 5.84. The number of anilines is 1. The molecule has 0 aliphatic rings. The highest BCUT2D eigenvalue weighted by molar-refractivity contribution is 6.90. The van der Waals surface area contributed by atoms with Gasteiger partial charge in [0.05, 0.1) is 8.07 Å². The summed E-state index contributed by atoms with van der Waals surface area (Å²) in [6.45, 7) is 12.8. The third-order valence-corrected chi connectivity index (χ3v) is 9.48. The average Bonchev–Trinajstić information content (AvgIpc) is 2.67. The molecule has 6 heteroatoms. The van der Waals surface area contributed by atoms with Crippen LogP contribution in [0.1, 0.15) is 43.6 Å². The topological polar surface area (TPSA) is 82.2 Å². The van der Waals surface area contributed by atoms with Crippen LogP contribution in [-0.2, 0) is 5.41 Å². The van der Waals surface area contributed by atoms with Crippen LogP contribution in [0.4, 0.5) is 5.69 Å². The van der Waals surface area contributed by atoms with Gasteiger partial charge in [-0.3, -0.25) is 9.59 Å². The molecule has 3 aromatic rings. The summed E-state index contributed by atoms with van der Waals surface area (Å²) in [6, 6.07) is 11.8. The number of benzene rings is 2. The molecule has 0 saturated heterocycles. The van der Waals surface area contributed by atoms with Crippen molar-refractivity contribution in [2.24, 2.45) is 0 Å². The smallest absolute Gasteiger partial charge is 0.261 e. The van der Waals surface area contributed by atoms with Crippen molar-refractivity contribution in [3.63, 3.8) is 0 Å². The molecule has 0 fully saturated rings. The quantitative estimate of drug-likeness (QED) is 0.532. The van der Waals surface area contributed by atoms with Crippen LogP contribution in [0.3, 0.4) is 0 Å². The van der Waals surface area contributed by atoms with E-state index in [1.54, 1.807) is 24.3 Å². The molecule has 0 saturated carbocycles. The van der Waals surface area contributed by atoms with E-state index in [1.165, 1.54) is 6.20 Å². The molecule has 0 atom stereocenters. The van der Waals surface area contributed by atoms with Crippen LogP contribution in [0, 0.1) is 0 Å². The zero-order valence-corrected chi connectivity index (χ0v) is 19.5. The molecule has 1 aromatic heterocycles. The Morgan fingerprint density at radius 2 is 1.83 bits per heavy atom. The maximum absolute atomic E-state index is 13.0. The van der Waals surface area contributed by atoms with Crippen LogP contribution in [0.25, 0.3) is 10.9 Å². The number of carbonyl (C=O) groups is 1. The zero-order valence-electron chi connectivity index (χ0n) is 18.5. The number of para-hydroxylation sites is 1. The van der Waals surface area contributed by atoms with Crippen LogP contribution < -0.4 is 15.9 Å². The summed E-state index contributed by atoms with van der Waals surface area (Å²) in [5.41, 5.74) is 1.63. The lowest BCUT2D eigenvalue weighted by Crippen LogP contribution is -2.43. The number of phenols is 1. The minimum absolute atomic E-state index is 0.0509. The Labute approximate surface area is 178 Å². The van der Waals surface area contributed by atoms with Crippen molar-refractivity contribution in [3.8, 4) is 5.75 Å². The summed E-state index contributed by atoms with van der Waals surface area (Å²) in [5.74, 6) is -0.332. The van der Waals surface area contributed by atoms with Gasteiger partial charge in [0.2, 0.25) is 5.43 Å². The second-order valence-corrected chi connectivity index (χ2v) is 14.4. The lowest BCUT2D eigenvalue weighted by Gasteiger charge is -2.29. The lowest BCUT2D eigenvalue weighted by molar-refractivity contribution is 0.102. The Hall–Kier alpha value is -2.86. The second-order valence-electron chi connectivity index (χ2n) is 9.43. The van der Waals surface area contributed by atoms with E-state index in [9.17, 15) is 14.7 Å². The van der Waals surface area contributed by atoms with Crippen molar-refractivity contribution in [2.45, 2.75) is 52.2 Å². The molecule has 5 nitrogen and oxygen atoms in total. The third kappa shape index (κ3) is 4.05. The highest BCUT2D eigenvalue weighted by atomic mass is 28.3. The Balaban J connectivity index is 2.10. The molecule has 1 heterocycles. The van der Waals surface area contributed by atoms with Crippen LogP contribution in [0.15, 0.2) is 47.4 Å². The molecular weight excluding hydrogens is 392 g/mol. The number of pyridine rings is 1. The van der Waals surface area contributed by atoms with E-state index in [0.717, 1.165) is 16.8 Å². The summed E-state index contributed by atoms with van der Waals surface area (Å²) in [7, 11) is -1.87. The molecule has 0 aliphatic heterocycles. The first kappa shape index (κ1) is 21.8. The molecule has 3 N–H and O–H groups in total. The van der Waals surface area contributed by atoms with Gasteiger partial charge in [-0.2, -0.15) is 0 Å². The number of hydrogen-bond donors (Lipinski definition) is 3. The maximum Gasteiger partial charge on any atom is 0.261 e. The van der Waals surface area contributed by atoms with Gasteiger partial charge in [-0.1, -0.05) is 65.0 Å². The summed E-state index contributed by atoms with van der Waals surface area (Å²) in [4.78, 5) is 28.9. The Morgan fingerprint density at radius 1 is 1.17 bits per heavy atom. The molecule has 1 amide bonds. The number of aromatic nitrogens is 1. The van der Waals surface area contributed by atoms with Crippen molar-refractivity contribution in [1.82, 2.24) is 4.98 Å². The number of aromatic amines is 1. The number of amides is 1. The number of fused-ring (bicyclic) bond motifs is 1. The molecule has 158 valence electrons. The SMILES string of the molecule is CC[Si](C)(C)c1cc(C(C)(C)C)c(O)cc1NC(=O)c1c[nH]c2ccccc2c1=O. The van der Waals surface area contributed by atoms with E-state index in [-0.39, 0.29) is 22.2 Å². The van der Waals surface area contributed by atoms with E-state index in [0.29, 0.717) is 16.6 Å². The first-order valence-electron chi connectivity index (χ1n) is 10.3. The van der Waals surface area contributed by atoms with Gasteiger partial charge >= 0.3 is 0 Å². The molecule has 0 unspecified atom stereocenters. The van der Waals surface area contributed by atoms with Gasteiger partial charge in [0, 0.05) is 28.9 Å². The van der Waals surface area contributed by atoms with E-state index in [1.807, 2.05) is 12.1 Å². The van der Waals surface area contributed by atoms with Crippen LogP contribution in [0.5, 0.6) is 5.75 Å². The number of phenolic OH excluding ortho intramolecular Hbond substituents is 1. The normalized spacial score (nSPS) is 12.2. The number of hydrogen-bond acceptors (Lipinski definition) is 3. The first-order valence-corrected chi connectivity index (χ1v) is 13.5. The van der Waals surface area contributed by atoms with E-state index in [4.69, 9.17) is 0 Å². The van der Waals surface area contributed by atoms with Crippen molar-refractivity contribution in [2.75, 3.05) is 5.32 Å². The van der Waals surface area contributed by atoms with Gasteiger partial charge in [0.1, 0.15) is 11.3 Å². The van der Waals surface area contributed by atoms with Gasteiger partial charge in [-0.05, 0) is 28.3 Å². The maximum atomic E-state index is 13.0. The molecule has 3 rings (SSSR count). The molecule has 30 heavy (non-hydrogen) atoms. The fourth-order valence-corrected chi connectivity index (χ4v) is 5.35. The van der Waals surface area contributed by atoms with Crippen molar-refractivity contribution in [3.05, 3.63) is 63.9 Å². The van der Waals surface area contributed by atoms with E-state index < -0.39 is 14.0 Å². The van der Waals surface area contributed by atoms with Gasteiger partial charge in [-0.15, -0.1) is 0 Å². The molecule has 0 bridgehead atoms. The average molecular weight is 423 g/mol. The lowest BCUT2D eigenvalue weighted by atomic mass is 9.86.